The summed E-state index contributed by atoms with van der Waals surface area (Å²) in [5.74, 6) is 2.28. The summed E-state index contributed by atoms with van der Waals surface area (Å²) in [6.45, 7) is 5.17. The molecule has 1 fully saturated rings. The van der Waals surface area contributed by atoms with E-state index in [9.17, 15) is 4.79 Å². The maximum absolute atomic E-state index is 11.3. The fourth-order valence-corrected chi connectivity index (χ4v) is 4.76. The van der Waals surface area contributed by atoms with Gasteiger partial charge in [-0.2, -0.15) is 4.98 Å². The molecular weight excluding hydrogens is 454 g/mol. The van der Waals surface area contributed by atoms with Crippen molar-refractivity contribution >= 4 is 34.3 Å². The Morgan fingerprint density at radius 1 is 1.08 bits per heavy atom. The minimum absolute atomic E-state index is 0.0532. The van der Waals surface area contributed by atoms with E-state index in [0.717, 1.165) is 59.7 Å². The molecule has 3 aromatic rings. The molecule has 1 saturated heterocycles. The van der Waals surface area contributed by atoms with E-state index in [2.05, 4.69) is 52.0 Å². The molecule has 1 aromatic heterocycles. The standard InChI is InChI=1S/C27H37N7O2/c1-19(35)29-16-17-30-27-31-23-9-6-5-8-21(23)26(32-27)34(20-12-14-28-15-13-20)18-22-24(33(2)3)10-7-11-25(22)36-4/h5-11,20,28H,12-18H2,1-4H3,(H,29,35)(H,30,31,32). The van der Waals surface area contributed by atoms with Crippen molar-refractivity contribution in [2.24, 2.45) is 0 Å². The van der Waals surface area contributed by atoms with Crippen molar-refractivity contribution in [3.8, 4) is 5.75 Å². The van der Waals surface area contributed by atoms with Crippen LogP contribution in [0.25, 0.3) is 10.9 Å². The van der Waals surface area contributed by atoms with Crippen LogP contribution in [0, 0.1) is 0 Å². The number of hydrogen-bond donors (Lipinski definition) is 3. The minimum Gasteiger partial charge on any atom is -0.496 e. The molecule has 1 amide bonds. The highest BCUT2D eigenvalue weighted by Crippen LogP contribution is 2.35. The van der Waals surface area contributed by atoms with Crippen LogP contribution in [0.4, 0.5) is 17.5 Å². The molecule has 3 N–H and O–H groups in total. The normalized spacial score (nSPS) is 13.9. The molecule has 9 heteroatoms. The molecule has 0 atom stereocenters. The van der Waals surface area contributed by atoms with E-state index in [4.69, 9.17) is 14.7 Å². The number of fused-ring (bicyclic) bond motifs is 1. The summed E-state index contributed by atoms with van der Waals surface area (Å²) >= 11 is 0. The molecular formula is C27H37N7O2. The molecule has 0 unspecified atom stereocenters. The lowest BCUT2D eigenvalue weighted by molar-refractivity contribution is -0.118. The molecule has 9 nitrogen and oxygen atoms in total. The van der Waals surface area contributed by atoms with Crippen molar-refractivity contribution in [3.05, 3.63) is 48.0 Å². The van der Waals surface area contributed by atoms with Crippen LogP contribution in [-0.4, -0.2) is 69.3 Å². The van der Waals surface area contributed by atoms with Gasteiger partial charge < -0.3 is 30.5 Å². The molecule has 1 aliphatic heterocycles. The zero-order valence-electron chi connectivity index (χ0n) is 21.7. The van der Waals surface area contributed by atoms with E-state index in [1.54, 1.807) is 7.11 Å². The third-order valence-electron chi connectivity index (χ3n) is 6.53. The number of anilines is 3. The van der Waals surface area contributed by atoms with Crippen LogP contribution >= 0.6 is 0 Å². The van der Waals surface area contributed by atoms with Crippen LogP contribution < -0.4 is 30.5 Å². The highest BCUT2D eigenvalue weighted by molar-refractivity contribution is 5.90. The molecule has 2 aromatic carbocycles. The summed E-state index contributed by atoms with van der Waals surface area (Å²) in [6, 6.07) is 14.7. The van der Waals surface area contributed by atoms with Gasteiger partial charge in [0.15, 0.2) is 0 Å². The topological polar surface area (TPSA) is 94.7 Å². The number of rotatable bonds is 10. The average molecular weight is 492 g/mol. The van der Waals surface area contributed by atoms with E-state index in [-0.39, 0.29) is 5.91 Å². The van der Waals surface area contributed by atoms with Gasteiger partial charge in [0, 0.05) is 56.8 Å². The summed E-state index contributed by atoms with van der Waals surface area (Å²) in [4.78, 5) is 25.6. The van der Waals surface area contributed by atoms with Crippen LogP contribution in [0.2, 0.25) is 0 Å². The van der Waals surface area contributed by atoms with Crippen LogP contribution in [0.5, 0.6) is 5.75 Å². The first kappa shape index (κ1) is 25.5. The Morgan fingerprint density at radius 3 is 2.58 bits per heavy atom. The van der Waals surface area contributed by atoms with Crippen LogP contribution in [0.1, 0.15) is 25.3 Å². The lowest BCUT2D eigenvalue weighted by Crippen LogP contribution is -2.43. The van der Waals surface area contributed by atoms with Crippen LogP contribution in [-0.2, 0) is 11.3 Å². The first-order chi connectivity index (χ1) is 17.5. The van der Waals surface area contributed by atoms with Gasteiger partial charge in [-0.05, 0) is 50.2 Å². The number of hydrogen-bond acceptors (Lipinski definition) is 8. The largest absolute Gasteiger partial charge is 0.496 e. The van der Waals surface area contributed by atoms with Gasteiger partial charge in [0.2, 0.25) is 11.9 Å². The van der Waals surface area contributed by atoms with Gasteiger partial charge in [0.25, 0.3) is 0 Å². The predicted octanol–water partition coefficient (Wildman–Crippen LogP) is 3.01. The number of carbonyl (C=O) groups is 1. The number of carbonyl (C=O) groups excluding carboxylic acids is 1. The van der Waals surface area contributed by atoms with Crippen molar-refractivity contribution in [2.75, 3.05) is 62.5 Å². The van der Waals surface area contributed by atoms with Gasteiger partial charge in [-0.3, -0.25) is 4.79 Å². The summed E-state index contributed by atoms with van der Waals surface area (Å²) in [5.41, 5.74) is 3.14. The third-order valence-corrected chi connectivity index (χ3v) is 6.53. The highest BCUT2D eigenvalue weighted by atomic mass is 16.5. The Labute approximate surface area is 213 Å². The Morgan fingerprint density at radius 2 is 1.86 bits per heavy atom. The quantitative estimate of drug-likeness (QED) is 0.373. The molecule has 0 saturated carbocycles. The maximum Gasteiger partial charge on any atom is 0.225 e. The van der Waals surface area contributed by atoms with Crippen molar-refractivity contribution in [2.45, 2.75) is 32.4 Å². The van der Waals surface area contributed by atoms with Gasteiger partial charge >= 0.3 is 0 Å². The van der Waals surface area contributed by atoms with Gasteiger partial charge in [0.05, 0.1) is 19.2 Å². The summed E-state index contributed by atoms with van der Waals surface area (Å²) in [6.07, 6.45) is 2.05. The lowest BCUT2D eigenvalue weighted by atomic mass is 10.0. The molecule has 4 rings (SSSR count). The average Bonchev–Trinajstić information content (AvgIpc) is 2.89. The maximum atomic E-state index is 11.3. The smallest absolute Gasteiger partial charge is 0.225 e. The van der Waals surface area contributed by atoms with Gasteiger partial charge in [-0.1, -0.05) is 18.2 Å². The summed E-state index contributed by atoms with van der Waals surface area (Å²) in [7, 11) is 5.85. The number of nitrogens with zero attached hydrogens (tertiary/aromatic N) is 4. The van der Waals surface area contributed by atoms with Crippen molar-refractivity contribution in [1.82, 2.24) is 20.6 Å². The number of ether oxygens (including phenoxy) is 1. The molecule has 0 radical (unpaired) electrons. The Hall–Kier alpha value is -3.59. The molecule has 2 heterocycles. The fraction of sp³-hybridized carbons (Fsp3) is 0.444. The number of nitrogens with one attached hydrogen (secondary N) is 3. The highest BCUT2D eigenvalue weighted by Gasteiger charge is 2.27. The number of benzene rings is 2. The van der Waals surface area contributed by atoms with Gasteiger partial charge in [0.1, 0.15) is 11.6 Å². The van der Waals surface area contributed by atoms with Gasteiger partial charge in [-0.15, -0.1) is 0 Å². The summed E-state index contributed by atoms with van der Waals surface area (Å²) in [5, 5.41) is 10.6. The number of piperidine rings is 1. The SMILES string of the molecule is COc1cccc(N(C)C)c1CN(c1nc(NCCNC(C)=O)nc2ccccc12)C1CCNCC1. The van der Waals surface area contributed by atoms with E-state index >= 15 is 0 Å². The summed E-state index contributed by atoms with van der Waals surface area (Å²) < 4.78 is 5.81. The zero-order valence-corrected chi connectivity index (χ0v) is 21.7. The number of amides is 1. The molecule has 0 bridgehead atoms. The number of aromatic nitrogens is 2. The van der Waals surface area contributed by atoms with Gasteiger partial charge in [-0.25, -0.2) is 4.98 Å². The number of methoxy groups -OCH3 is 1. The molecule has 1 aliphatic rings. The molecule has 0 aliphatic carbocycles. The second-order valence-electron chi connectivity index (χ2n) is 9.26. The predicted molar refractivity (Wildman–Crippen MR) is 146 cm³/mol. The van der Waals surface area contributed by atoms with Crippen LogP contribution in [0.15, 0.2) is 42.5 Å². The first-order valence-corrected chi connectivity index (χ1v) is 12.5. The Kier molecular flexibility index (Phi) is 8.43. The molecule has 36 heavy (non-hydrogen) atoms. The van der Waals surface area contributed by atoms with Crippen molar-refractivity contribution in [1.29, 1.82) is 0 Å². The monoisotopic (exact) mass is 491 g/mol. The zero-order chi connectivity index (χ0) is 25.5. The van der Waals surface area contributed by atoms with Crippen molar-refractivity contribution in [3.63, 3.8) is 0 Å². The lowest BCUT2D eigenvalue weighted by Gasteiger charge is -2.37. The van der Waals surface area contributed by atoms with Crippen LogP contribution in [0.3, 0.4) is 0 Å². The third kappa shape index (κ3) is 5.96. The Balaban J connectivity index is 1.78. The second kappa shape index (κ2) is 11.9. The fourth-order valence-electron chi connectivity index (χ4n) is 4.76. The molecule has 192 valence electrons. The minimum atomic E-state index is -0.0532. The Bertz CT molecular complexity index is 1180. The van der Waals surface area contributed by atoms with E-state index in [0.29, 0.717) is 31.6 Å². The van der Waals surface area contributed by atoms with E-state index in [1.807, 2.05) is 30.3 Å². The molecule has 0 spiro atoms. The van der Waals surface area contributed by atoms with E-state index < -0.39 is 0 Å². The first-order valence-electron chi connectivity index (χ1n) is 12.5. The van der Waals surface area contributed by atoms with Crippen molar-refractivity contribution < 1.29 is 9.53 Å². The van der Waals surface area contributed by atoms with E-state index in [1.165, 1.54) is 6.92 Å². The number of para-hydroxylation sites is 1. The second-order valence-corrected chi connectivity index (χ2v) is 9.26.